The molecule has 0 saturated heterocycles. The summed E-state index contributed by atoms with van der Waals surface area (Å²) in [6, 6.07) is 8.90. The van der Waals surface area contributed by atoms with Crippen LogP contribution in [0.3, 0.4) is 0 Å². The van der Waals surface area contributed by atoms with Crippen molar-refractivity contribution in [1.29, 1.82) is 0 Å². The average molecular weight is 516 g/mol. The van der Waals surface area contributed by atoms with Crippen molar-refractivity contribution >= 4 is 21.4 Å². The van der Waals surface area contributed by atoms with Crippen molar-refractivity contribution in [2.24, 2.45) is 17.6 Å². The Balaban J connectivity index is 1.74. The van der Waals surface area contributed by atoms with Gasteiger partial charge in [-0.25, -0.2) is 8.42 Å². The van der Waals surface area contributed by atoms with Crippen LogP contribution in [0.15, 0.2) is 41.3 Å². The van der Waals surface area contributed by atoms with Gasteiger partial charge in [-0.1, -0.05) is 32.9 Å². The molecule has 0 saturated carbocycles. The number of amides is 1. The zero-order chi connectivity index (χ0) is 26.5. The molecule has 9 nitrogen and oxygen atoms in total. The van der Waals surface area contributed by atoms with E-state index in [-0.39, 0.29) is 41.6 Å². The van der Waals surface area contributed by atoms with Crippen molar-refractivity contribution in [3.63, 3.8) is 0 Å². The van der Waals surface area contributed by atoms with Gasteiger partial charge < -0.3 is 30.9 Å². The van der Waals surface area contributed by atoms with Crippen LogP contribution in [-0.2, 0) is 21.1 Å². The highest BCUT2D eigenvalue weighted by Crippen LogP contribution is 2.37. The van der Waals surface area contributed by atoms with Crippen molar-refractivity contribution < 1.29 is 27.8 Å². The van der Waals surface area contributed by atoms with Gasteiger partial charge in [0.1, 0.15) is 11.1 Å². The third kappa shape index (κ3) is 6.22. The molecule has 194 valence electrons. The van der Waals surface area contributed by atoms with E-state index >= 15 is 0 Å². The average Bonchev–Trinajstić information content (AvgIpc) is 3.31. The zero-order valence-corrected chi connectivity index (χ0v) is 21.5. The summed E-state index contributed by atoms with van der Waals surface area (Å²) in [6.45, 7) is 5.90. The first-order valence-corrected chi connectivity index (χ1v) is 13.3. The van der Waals surface area contributed by atoms with E-state index in [2.05, 4.69) is 16.6 Å². The van der Waals surface area contributed by atoms with Gasteiger partial charge in [0.15, 0.2) is 21.3 Å². The molecule has 1 amide bonds. The number of fused-ring (bicyclic) bond motifs is 1. The summed E-state index contributed by atoms with van der Waals surface area (Å²) >= 11 is 0. The fourth-order valence-electron chi connectivity index (χ4n) is 3.90. The first-order chi connectivity index (χ1) is 17.0. The predicted octanol–water partition coefficient (Wildman–Crippen LogP) is 2.63. The highest BCUT2D eigenvalue weighted by Gasteiger charge is 2.32. The maximum absolute atomic E-state index is 13.5. The normalized spacial score (nSPS) is 15.1. The van der Waals surface area contributed by atoms with E-state index in [1.807, 2.05) is 6.92 Å². The van der Waals surface area contributed by atoms with Crippen molar-refractivity contribution in [3.05, 3.63) is 42.0 Å². The van der Waals surface area contributed by atoms with Gasteiger partial charge in [0.05, 0.1) is 16.6 Å². The number of phenolic OH excluding ortho intramolecular Hbond substituents is 1. The summed E-state index contributed by atoms with van der Waals surface area (Å²) in [7, 11) is -3.84. The molecule has 1 aliphatic rings. The standard InChI is InChI=1S/C26H33N3O6S/c1-5-7-20(27)25(31)28-14-17(4)12-18-8-6-9-21(24(18)30)29-26(16(2)3)36(32,33)19-10-11-22-23(13-19)35-15-34-22/h1,6,8-11,13,16-17,20,26,29-30H,7,12,14-15,27H2,2-4H3,(H,28,31)/t17?,20-,26+/m1/s1. The fourth-order valence-corrected chi connectivity index (χ4v) is 5.72. The summed E-state index contributed by atoms with van der Waals surface area (Å²) in [5, 5.41) is 15.7. The van der Waals surface area contributed by atoms with Crippen LogP contribution in [-0.4, -0.2) is 44.2 Å². The number of hydrogen-bond donors (Lipinski definition) is 4. The molecule has 1 unspecified atom stereocenters. The zero-order valence-electron chi connectivity index (χ0n) is 20.7. The lowest BCUT2D eigenvalue weighted by Gasteiger charge is -2.25. The van der Waals surface area contributed by atoms with E-state index < -0.39 is 21.3 Å². The Morgan fingerprint density at radius 1 is 1.19 bits per heavy atom. The quantitative estimate of drug-likeness (QED) is 0.265. The third-order valence-electron chi connectivity index (χ3n) is 5.90. The molecule has 0 spiro atoms. The number of hydrogen-bond acceptors (Lipinski definition) is 8. The molecule has 0 aromatic heterocycles. The number of anilines is 1. The fraction of sp³-hybridized carbons (Fsp3) is 0.423. The smallest absolute Gasteiger partial charge is 0.237 e. The number of carbonyl (C=O) groups is 1. The summed E-state index contributed by atoms with van der Waals surface area (Å²) in [4.78, 5) is 12.1. The van der Waals surface area contributed by atoms with E-state index in [0.29, 0.717) is 35.7 Å². The van der Waals surface area contributed by atoms with Crippen molar-refractivity contribution in [2.75, 3.05) is 18.7 Å². The van der Waals surface area contributed by atoms with Crippen LogP contribution in [0.1, 0.15) is 32.8 Å². The Kier molecular flexibility index (Phi) is 8.71. The van der Waals surface area contributed by atoms with Gasteiger partial charge in [-0.05, 0) is 42.0 Å². The maximum Gasteiger partial charge on any atom is 0.237 e. The van der Waals surface area contributed by atoms with Crippen LogP contribution in [0.2, 0.25) is 0 Å². The van der Waals surface area contributed by atoms with Gasteiger partial charge in [0, 0.05) is 19.0 Å². The lowest BCUT2D eigenvalue weighted by molar-refractivity contribution is -0.122. The Morgan fingerprint density at radius 3 is 2.61 bits per heavy atom. The summed E-state index contributed by atoms with van der Waals surface area (Å²) < 4.78 is 37.6. The molecule has 3 rings (SSSR count). The monoisotopic (exact) mass is 515 g/mol. The molecule has 0 fully saturated rings. The van der Waals surface area contributed by atoms with E-state index in [1.54, 1.807) is 38.1 Å². The number of ether oxygens (including phenoxy) is 2. The van der Waals surface area contributed by atoms with Crippen LogP contribution >= 0.6 is 0 Å². The van der Waals surface area contributed by atoms with Crippen molar-refractivity contribution in [2.45, 2.75) is 49.9 Å². The number of carbonyl (C=O) groups excluding carboxylic acids is 1. The first-order valence-electron chi connectivity index (χ1n) is 11.7. The van der Waals surface area contributed by atoms with Gasteiger partial charge in [0.25, 0.3) is 0 Å². The van der Waals surface area contributed by atoms with Gasteiger partial charge in [-0.15, -0.1) is 12.3 Å². The molecule has 3 atom stereocenters. The van der Waals surface area contributed by atoms with Crippen LogP contribution in [0.4, 0.5) is 5.69 Å². The van der Waals surface area contributed by atoms with Crippen LogP contribution in [0, 0.1) is 24.2 Å². The molecule has 1 heterocycles. The molecule has 1 aliphatic heterocycles. The van der Waals surface area contributed by atoms with Crippen LogP contribution in [0.25, 0.3) is 0 Å². The van der Waals surface area contributed by atoms with E-state index in [4.69, 9.17) is 21.6 Å². The van der Waals surface area contributed by atoms with Gasteiger partial charge in [0.2, 0.25) is 12.7 Å². The molecular weight excluding hydrogens is 482 g/mol. The number of nitrogens with one attached hydrogen (secondary N) is 2. The van der Waals surface area contributed by atoms with Gasteiger partial charge in [-0.2, -0.15) is 0 Å². The van der Waals surface area contributed by atoms with Crippen molar-refractivity contribution in [3.8, 4) is 29.6 Å². The Morgan fingerprint density at radius 2 is 1.92 bits per heavy atom. The van der Waals surface area contributed by atoms with Gasteiger partial charge >= 0.3 is 0 Å². The topological polar surface area (TPSA) is 140 Å². The number of nitrogens with two attached hydrogens (primary N) is 1. The highest BCUT2D eigenvalue weighted by atomic mass is 32.2. The molecule has 0 aliphatic carbocycles. The molecule has 10 heteroatoms. The lowest BCUT2D eigenvalue weighted by Crippen LogP contribution is -2.42. The largest absolute Gasteiger partial charge is 0.505 e. The summed E-state index contributed by atoms with van der Waals surface area (Å²) in [6.07, 6.45) is 5.80. The molecule has 2 aromatic rings. The highest BCUT2D eigenvalue weighted by molar-refractivity contribution is 7.92. The number of phenols is 1. The molecule has 2 aromatic carbocycles. The first kappa shape index (κ1) is 27.2. The number of terminal acetylenes is 1. The molecule has 0 radical (unpaired) electrons. The minimum atomic E-state index is -3.84. The Hall–Kier alpha value is -3.42. The molecule has 5 N–H and O–H groups in total. The second kappa shape index (κ2) is 11.5. The van der Waals surface area contributed by atoms with Crippen LogP contribution < -0.4 is 25.8 Å². The third-order valence-corrected chi connectivity index (χ3v) is 8.14. The summed E-state index contributed by atoms with van der Waals surface area (Å²) in [5.74, 6) is 2.54. The Bertz CT molecular complexity index is 1240. The number of sulfone groups is 1. The van der Waals surface area contributed by atoms with Gasteiger partial charge in [-0.3, -0.25) is 4.79 Å². The van der Waals surface area contributed by atoms with E-state index in [0.717, 1.165) is 0 Å². The maximum atomic E-state index is 13.5. The number of para-hydroxylation sites is 1. The summed E-state index contributed by atoms with van der Waals surface area (Å²) in [5.41, 5.74) is 6.65. The molecule has 0 bridgehead atoms. The van der Waals surface area contributed by atoms with Crippen molar-refractivity contribution in [1.82, 2.24) is 5.32 Å². The Labute approximate surface area is 212 Å². The predicted molar refractivity (Wildman–Crippen MR) is 137 cm³/mol. The second-order valence-electron chi connectivity index (χ2n) is 9.25. The van der Waals surface area contributed by atoms with Crippen LogP contribution in [0.5, 0.6) is 17.2 Å². The second-order valence-corrected chi connectivity index (χ2v) is 11.3. The SMILES string of the molecule is C#CC[C@@H](N)C(=O)NCC(C)Cc1cccc(N[C@H](C(C)C)S(=O)(=O)c2ccc3c(c2)OCO3)c1O. The lowest BCUT2D eigenvalue weighted by atomic mass is 9.99. The number of rotatable bonds is 11. The molecular formula is C26H33N3O6S. The van der Waals surface area contributed by atoms with E-state index in [9.17, 15) is 18.3 Å². The minimum absolute atomic E-state index is 0.0219. The minimum Gasteiger partial charge on any atom is -0.505 e. The number of benzene rings is 2. The number of aromatic hydroxyl groups is 1. The molecule has 36 heavy (non-hydrogen) atoms. The van der Waals surface area contributed by atoms with E-state index in [1.165, 1.54) is 12.1 Å².